The van der Waals surface area contributed by atoms with Gasteiger partial charge in [-0.2, -0.15) is 5.10 Å². The highest BCUT2D eigenvalue weighted by molar-refractivity contribution is 5.91. The van der Waals surface area contributed by atoms with Gasteiger partial charge < -0.3 is 9.47 Å². The Balaban J connectivity index is 2.13. The first-order chi connectivity index (χ1) is 9.13. The van der Waals surface area contributed by atoms with Crippen LogP contribution in [0.1, 0.15) is 47.9 Å². The highest BCUT2D eigenvalue weighted by Gasteiger charge is 2.22. The van der Waals surface area contributed by atoms with Gasteiger partial charge >= 0.3 is 5.97 Å². The van der Waals surface area contributed by atoms with Crippen LogP contribution in [-0.4, -0.2) is 35.1 Å². The number of rotatable bonds is 4. The molecule has 1 fully saturated rings. The molecule has 0 aliphatic carbocycles. The first-order valence-corrected chi connectivity index (χ1v) is 6.96. The van der Waals surface area contributed by atoms with E-state index in [0.717, 1.165) is 30.8 Å². The number of aryl methyl sites for hydroxylation is 1. The Morgan fingerprint density at radius 1 is 1.47 bits per heavy atom. The summed E-state index contributed by atoms with van der Waals surface area (Å²) in [5, 5.41) is 4.44. The van der Waals surface area contributed by atoms with E-state index in [0.29, 0.717) is 18.7 Å². The lowest BCUT2D eigenvalue weighted by molar-refractivity contribution is 0.00356. The molecule has 1 unspecified atom stereocenters. The lowest BCUT2D eigenvalue weighted by atomic mass is 10.1. The fraction of sp³-hybridized carbons (Fsp3) is 0.714. The molecular weight excluding hydrogens is 244 g/mol. The maximum atomic E-state index is 11.9. The molecule has 0 amide bonds. The van der Waals surface area contributed by atoms with Gasteiger partial charge in [-0.1, -0.05) is 0 Å². The van der Waals surface area contributed by atoms with Crippen LogP contribution in [0.4, 0.5) is 0 Å². The summed E-state index contributed by atoms with van der Waals surface area (Å²) in [5.74, 6) is -0.284. The molecule has 0 radical (unpaired) electrons. The van der Waals surface area contributed by atoms with Crippen molar-refractivity contribution >= 4 is 5.97 Å². The van der Waals surface area contributed by atoms with Crippen LogP contribution < -0.4 is 0 Å². The zero-order valence-corrected chi connectivity index (χ0v) is 11.9. The average molecular weight is 266 g/mol. The average Bonchev–Trinajstić information content (AvgIpc) is 2.66. The SMILES string of the molecule is CCOC(=O)c1c(C)nn(CC2CCCCO2)c1C. The van der Waals surface area contributed by atoms with Crippen LogP contribution in [0.15, 0.2) is 0 Å². The van der Waals surface area contributed by atoms with E-state index >= 15 is 0 Å². The molecule has 106 valence electrons. The van der Waals surface area contributed by atoms with Gasteiger partial charge in [0.1, 0.15) is 5.56 Å². The third kappa shape index (κ3) is 3.15. The number of aromatic nitrogens is 2. The highest BCUT2D eigenvalue weighted by atomic mass is 16.5. The number of ether oxygens (including phenoxy) is 2. The first kappa shape index (κ1) is 14.1. The summed E-state index contributed by atoms with van der Waals surface area (Å²) in [6.07, 6.45) is 3.62. The van der Waals surface area contributed by atoms with Gasteiger partial charge in [0.05, 0.1) is 30.6 Å². The van der Waals surface area contributed by atoms with Crippen LogP contribution in [0.3, 0.4) is 0 Å². The van der Waals surface area contributed by atoms with Crippen molar-refractivity contribution < 1.29 is 14.3 Å². The van der Waals surface area contributed by atoms with Crippen LogP contribution in [-0.2, 0) is 16.0 Å². The highest BCUT2D eigenvalue weighted by Crippen LogP contribution is 2.18. The molecule has 0 N–H and O–H groups in total. The molecule has 19 heavy (non-hydrogen) atoms. The summed E-state index contributed by atoms with van der Waals surface area (Å²) in [6.45, 7) is 7.49. The minimum absolute atomic E-state index is 0.210. The maximum Gasteiger partial charge on any atom is 0.341 e. The Bertz CT molecular complexity index is 448. The van der Waals surface area contributed by atoms with Gasteiger partial charge in [0.2, 0.25) is 0 Å². The summed E-state index contributed by atoms with van der Waals surface area (Å²) in [7, 11) is 0. The lowest BCUT2D eigenvalue weighted by Crippen LogP contribution is -2.25. The third-order valence-corrected chi connectivity index (χ3v) is 3.51. The molecule has 5 nitrogen and oxygen atoms in total. The van der Waals surface area contributed by atoms with Crippen molar-refractivity contribution in [1.82, 2.24) is 9.78 Å². The third-order valence-electron chi connectivity index (χ3n) is 3.51. The van der Waals surface area contributed by atoms with E-state index in [1.807, 2.05) is 25.5 Å². The predicted molar refractivity (Wildman–Crippen MR) is 71.2 cm³/mol. The van der Waals surface area contributed by atoms with Crippen molar-refractivity contribution in [3.05, 3.63) is 17.0 Å². The normalized spacial score (nSPS) is 19.4. The number of hydrogen-bond acceptors (Lipinski definition) is 4. The topological polar surface area (TPSA) is 53.3 Å². The molecule has 2 rings (SSSR count). The second kappa shape index (κ2) is 6.19. The maximum absolute atomic E-state index is 11.9. The molecule has 0 aromatic carbocycles. The molecule has 0 bridgehead atoms. The molecule has 2 heterocycles. The molecule has 1 aliphatic heterocycles. The Kier molecular flexibility index (Phi) is 4.58. The first-order valence-electron chi connectivity index (χ1n) is 6.96. The van der Waals surface area contributed by atoms with Crippen molar-refractivity contribution in [3.8, 4) is 0 Å². The molecule has 1 saturated heterocycles. The summed E-state index contributed by atoms with van der Waals surface area (Å²) in [5.41, 5.74) is 2.19. The van der Waals surface area contributed by atoms with E-state index in [2.05, 4.69) is 5.10 Å². The number of carbonyl (C=O) groups is 1. The van der Waals surface area contributed by atoms with Gasteiger partial charge in [0.25, 0.3) is 0 Å². The zero-order valence-electron chi connectivity index (χ0n) is 11.9. The van der Waals surface area contributed by atoms with Crippen LogP contribution in [0, 0.1) is 13.8 Å². The van der Waals surface area contributed by atoms with E-state index in [9.17, 15) is 4.79 Å². The van der Waals surface area contributed by atoms with Gasteiger partial charge in [-0.25, -0.2) is 4.79 Å². The Morgan fingerprint density at radius 2 is 2.26 bits per heavy atom. The molecular formula is C14H22N2O3. The molecule has 1 aliphatic rings. The van der Waals surface area contributed by atoms with Crippen molar-refractivity contribution in [2.45, 2.75) is 52.7 Å². The van der Waals surface area contributed by atoms with E-state index < -0.39 is 0 Å². The van der Waals surface area contributed by atoms with Gasteiger partial charge in [-0.15, -0.1) is 0 Å². The number of esters is 1. The van der Waals surface area contributed by atoms with Crippen LogP contribution in [0.5, 0.6) is 0 Å². The largest absolute Gasteiger partial charge is 0.462 e. The Hall–Kier alpha value is -1.36. The summed E-state index contributed by atoms with van der Waals surface area (Å²) < 4.78 is 12.7. The Morgan fingerprint density at radius 3 is 2.89 bits per heavy atom. The predicted octanol–water partition coefficient (Wildman–Crippen LogP) is 2.25. The zero-order chi connectivity index (χ0) is 13.8. The van der Waals surface area contributed by atoms with E-state index in [4.69, 9.17) is 9.47 Å². The van der Waals surface area contributed by atoms with Crippen LogP contribution in [0.2, 0.25) is 0 Å². The van der Waals surface area contributed by atoms with Crippen molar-refractivity contribution in [1.29, 1.82) is 0 Å². The molecule has 1 atom stereocenters. The smallest absolute Gasteiger partial charge is 0.341 e. The Labute approximate surface area is 113 Å². The minimum atomic E-state index is -0.284. The quantitative estimate of drug-likeness (QED) is 0.784. The molecule has 1 aromatic heterocycles. The second-order valence-corrected chi connectivity index (χ2v) is 4.94. The summed E-state index contributed by atoms with van der Waals surface area (Å²) >= 11 is 0. The van der Waals surface area contributed by atoms with Crippen LogP contribution >= 0.6 is 0 Å². The van der Waals surface area contributed by atoms with E-state index in [1.165, 1.54) is 6.42 Å². The number of carbonyl (C=O) groups excluding carboxylic acids is 1. The van der Waals surface area contributed by atoms with Crippen molar-refractivity contribution in [2.75, 3.05) is 13.2 Å². The minimum Gasteiger partial charge on any atom is -0.462 e. The van der Waals surface area contributed by atoms with E-state index in [-0.39, 0.29) is 12.1 Å². The fourth-order valence-electron chi connectivity index (χ4n) is 2.52. The van der Waals surface area contributed by atoms with Crippen molar-refractivity contribution in [2.24, 2.45) is 0 Å². The van der Waals surface area contributed by atoms with Gasteiger partial charge in [-0.05, 0) is 40.0 Å². The number of hydrogen-bond donors (Lipinski definition) is 0. The fourth-order valence-corrected chi connectivity index (χ4v) is 2.52. The number of nitrogens with zero attached hydrogens (tertiary/aromatic N) is 2. The second-order valence-electron chi connectivity index (χ2n) is 4.94. The molecule has 1 aromatic rings. The van der Waals surface area contributed by atoms with Gasteiger partial charge in [0.15, 0.2) is 0 Å². The molecule has 0 spiro atoms. The van der Waals surface area contributed by atoms with Crippen LogP contribution in [0.25, 0.3) is 0 Å². The lowest BCUT2D eigenvalue weighted by Gasteiger charge is -2.22. The summed E-state index contributed by atoms with van der Waals surface area (Å²) in [6, 6.07) is 0. The standard InChI is InChI=1S/C14H22N2O3/c1-4-18-14(17)13-10(2)15-16(11(13)3)9-12-7-5-6-8-19-12/h12H,4-9H2,1-3H3. The monoisotopic (exact) mass is 266 g/mol. The van der Waals surface area contributed by atoms with Gasteiger partial charge in [-0.3, -0.25) is 4.68 Å². The molecule has 0 saturated carbocycles. The summed E-state index contributed by atoms with van der Waals surface area (Å²) in [4.78, 5) is 11.9. The molecule has 5 heteroatoms. The van der Waals surface area contributed by atoms with E-state index in [1.54, 1.807) is 0 Å². The van der Waals surface area contributed by atoms with Gasteiger partial charge in [0, 0.05) is 6.61 Å². The van der Waals surface area contributed by atoms with Crippen molar-refractivity contribution in [3.63, 3.8) is 0 Å².